The zero-order chi connectivity index (χ0) is 16.9. The maximum atomic E-state index is 13.0. The predicted octanol–water partition coefficient (Wildman–Crippen LogP) is 2.74. The highest BCUT2D eigenvalue weighted by Crippen LogP contribution is 2.19. The maximum Gasteiger partial charge on any atom is 0.243 e. The van der Waals surface area contributed by atoms with Crippen molar-refractivity contribution in [3.63, 3.8) is 0 Å². The lowest BCUT2D eigenvalue weighted by Gasteiger charge is -2.13. The molecule has 0 bridgehead atoms. The highest BCUT2D eigenvalue weighted by atomic mass is 19.1. The summed E-state index contributed by atoms with van der Waals surface area (Å²) in [6, 6.07) is 7.94. The van der Waals surface area contributed by atoms with Crippen molar-refractivity contribution < 1.29 is 9.50 Å². The Bertz CT molecular complexity index is 808. The van der Waals surface area contributed by atoms with Crippen LogP contribution in [0.1, 0.15) is 24.1 Å². The fourth-order valence-corrected chi connectivity index (χ4v) is 2.22. The molecule has 1 aromatic carbocycles. The molecule has 2 N–H and O–H groups in total. The zero-order valence-corrected chi connectivity index (χ0v) is 13.0. The van der Waals surface area contributed by atoms with Crippen molar-refractivity contribution in [2.75, 3.05) is 5.32 Å². The second-order valence-corrected chi connectivity index (χ2v) is 5.32. The van der Waals surface area contributed by atoms with Crippen molar-refractivity contribution in [1.82, 2.24) is 20.2 Å². The molecule has 0 spiro atoms. The molecule has 6 nitrogen and oxygen atoms in total. The van der Waals surface area contributed by atoms with Crippen LogP contribution in [0.5, 0.6) is 0 Å². The summed E-state index contributed by atoms with van der Waals surface area (Å²) in [6.07, 6.45) is 4.81. The van der Waals surface area contributed by atoms with Gasteiger partial charge in [-0.2, -0.15) is 0 Å². The number of aliphatic hydroxyl groups is 1. The summed E-state index contributed by atoms with van der Waals surface area (Å²) >= 11 is 0. The Morgan fingerprint density at radius 2 is 1.92 bits per heavy atom. The van der Waals surface area contributed by atoms with E-state index in [-0.39, 0.29) is 18.5 Å². The molecule has 2 aromatic heterocycles. The van der Waals surface area contributed by atoms with Crippen LogP contribution in [-0.2, 0) is 6.61 Å². The lowest BCUT2D eigenvalue weighted by molar-refractivity contribution is 0.281. The van der Waals surface area contributed by atoms with Crippen LogP contribution in [0.3, 0.4) is 0 Å². The minimum absolute atomic E-state index is 0.0855. The summed E-state index contributed by atoms with van der Waals surface area (Å²) < 4.78 is 13.0. The zero-order valence-electron chi connectivity index (χ0n) is 13.0. The molecule has 24 heavy (non-hydrogen) atoms. The van der Waals surface area contributed by atoms with E-state index in [2.05, 4.69) is 25.5 Å². The van der Waals surface area contributed by atoms with E-state index in [1.54, 1.807) is 36.8 Å². The van der Waals surface area contributed by atoms with E-state index in [0.29, 0.717) is 17.2 Å². The van der Waals surface area contributed by atoms with Crippen molar-refractivity contribution in [2.45, 2.75) is 19.6 Å². The molecule has 0 aliphatic rings. The molecule has 0 saturated heterocycles. The number of anilines is 1. The fraction of sp³-hybridized carbons (Fsp3) is 0.176. The molecule has 3 aromatic rings. The summed E-state index contributed by atoms with van der Waals surface area (Å²) in [5, 5.41) is 20.5. The van der Waals surface area contributed by atoms with E-state index < -0.39 is 0 Å². The van der Waals surface area contributed by atoms with Gasteiger partial charge in [0.2, 0.25) is 5.95 Å². The average Bonchev–Trinajstić information content (AvgIpc) is 2.63. The third-order valence-corrected chi connectivity index (χ3v) is 3.55. The van der Waals surface area contributed by atoms with E-state index in [9.17, 15) is 4.39 Å². The number of nitrogens with zero attached hydrogens (tertiary/aromatic N) is 4. The third kappa shape index (κ3) is 3.69. The number of aromatic nitrogens is 4. The van der Waals surface area contributed by atoms with Crippen molar-refractivity contribution in [1.29, 1.82) is 0 Å². The van der Waals surface area contributed by atoms with Gasteiger partial charge in [-0.25, -0.2) is 9.37 Å². The van der Waals surface area contributed by atoms with Crippen LogP contribution in [-0.4, -0.2) is 25.3 Å². The van der Waals surface area contributed by atoms with E-state index in [1.165, 1.54) is 12.1 Å². The minimum Gasteiger partial charge on any atom is -0.392 e. The van der Waals surface area contributed by atoms with Gasteiger partial charge in [0.05, 0.1) is 18.8 Å². The van der Waals surface area contributed by atoms with Gasteiger partial charge in [-0.05, 0) is 36.2 Å². The van der Waals surface area contributed by atoms with Gasteiger partial charge in [-0.1, -0.05) is 12.1 Å². The molecular formula is C17H16FN5O. The molecule has 122 valence electrons. The van der Waals surface area contributed by atoms with Crippen molar-refractivity contribution in [2.24, 2.45) is 0 Å². The lowest BCUT2D eigenvalue weighted by Crippen LogP contribution is -2.10. The summed E-state index contributed by atoms with van der Waals surface area (Å²) in [5.41, 5.74) is 2.92. The summed E-state index contributed by atoms with van der Waals surface area (Å²) in [6.45, 7) is 1.84. The number of halogens is 1. The largest absolute Gasteiger partial charge is 0.392 e. The van der Waals surface area contributed by atoms with E-state index in [0.717, 1.165) is 11.1 Å². The first-order valence-electron chi connectivity index (χ1n) is 7.42. The molecule has 0 amide bonds. The number of benzene rings is 1. The first-order chi connectivity index (χ1) is 11.7. The SMILES string of the molecule is C[C@@H](Nc1ncc(-c2cncc(CO)c2)nn1)c1ccc(F)cc1. The Morgan fingerprint density at radius 1 is 1.12 bits per heavy atom. The van der Waals surface area contributed by atoms with Crippen LogP contribution in [0.2, 0.25) is 0 Å². The molecule has 1 atom stereocenters. The third-order valence-electron chi connectivity index (χ3n) is 3.55. The highest BCUT2D eigenvalue weighted by molar-refractivity contribution is 5.57. The molecule has 2 heterocycles. The van der Waals surface area contributed by atoms with Crippen LogP contribution in [0, 0.1) is 5.82 Å². The Kier molecular flexibility index (Phi) is 4.72. The summed E-state index contributed by atoms with van der Waals surface area (Å²) in [7, 11) is 0. The van der Waals surface area contributed by atoms with Gasteiger partial charge in [-0.15, -0.1) is 10.2 Å². The first kappa shape index (κ1) is 15.9. The van der Waals surface area contributed by atoms with E-state index in [1.807, 2.05) is 6.92 Å². The Balaban J connectivity index is 1.73. The number of nitrogens with one attached hydrogen (secondary N) is 1. The van der Waals surface area contributed by atoms with Crippen LogP contribution in [0.15, 0.2) is 48.9 Å². The van der Waals surface area contributed by atoms with Crippen LogP contribution in [0.25, 0.3) is 11.3 Å². The smallest absolute Gasteiger partial charge is 0.243 e. The number of hydrogen-bond acceptors (Lipinski definition) is 6. The number of rotatable bonds is 5. The van der Waals surface area contributed by atoms with Crippen molar-refractivity contribution >= 4 is 5.95 Å². The van der Waals surface area contributed by atoms with Gasteiger partial charge in [0.1, 0.15) is 11.5 Å². The average molecular weight is 325 g/mol. The molecule has 0 saturated carbocycles. The molecular weight excluding hydrogens is 309 g/mol. The van der Waals surface area contributed by atoms with Gasteiger partial charge in [0.25, 0.3) is 0 Å². The maximum absolute atomic E-state index is 13.0. The number of pyridine rings is 1. The fourth-order valence-electron chi connectivity index (χ4n) is 2.22. The second kappa shape index (κ2) is 7.10. The molecule has 7 heteroatoms. The van der Waals surface area contributed by atoms with Gasteiger partial charge in [0.15, 0.2) is 0 Å². The summed E-state index contributed by atoms with van der Waals surface area (Å²) in [5.74, 6) is 0.105. The van der Waals surface area contributed by atoms with Gasteiger partial charge < -0.3 is 10.4 Å². The van der Waals surface area contributed by atoms with Crippen LogP contribution < -0.4 is 5.32 Å². The lowest BCUT2D eigenvalue weighted by atomic mass is 10.1. The number of aliphatic hydroxyl groups excluding tert-OH is 1. The second-order valence-electron chi connectivity index (χ2n) is 5.32. The highest BCUT2D eigenvalue weighted by Gasteiger charge is 2.09. The molecule has 0 aliphatic heterocycles. The van der Waals surface area contributed by atoms with Crippen molar-refractivity contribution in [3.05, 3.63) is 65.9 Å². The van der Waals surface area contributed by atoms with Gasteiger partial charge >= 0.3 is 0 Å². The first-order valence-corrected chi connectivity index (χ1v) is 7.42. The Labute approximate surface area is 138 Å². The molecule has 0 aliphatic carbocycles. The Morgan fingerprint density at radius 3 is 2.58 bits per heavy atom. The van der Waals surface area contributed by atoms with Crippen LogP contribution in [0.4, 0.5) is 10.3 Å². The number of hydrogen-bond donors (Lipinski definition) is 2. The quantitative estimate of drug-likeness (QED) is 0.750. The molecule has 3 rings (SSSR count). The summed E-state index contributed by atoms with van der Waals surface area (Å²) in [4.78, 5) is 8.29. The standard InChI is InChI=1S/C17H16FN5O/c1-11(13-2-4-15(18)5-3-13)21-17-20-9-16(22-23-17)14-6-12(10-24)7-19-8-14/h2-9,11,24H,10H2,1H3,(H,20,21,23)/t11-/m1/s1. The van der Waals surface area contributed by atoms with E-state index >= 15 is 0 Å². The predicted molar refractivity (Wildman–Crippen MR) is 87.4 cm³/mol. The minimum atomic E-state index is -0.271. The molecule has 0 fully saturated rings. The van der Waals surface area contributed by atoms with Gasteiger partial charge in [0, 0.05) is 18.0 Å². The topological polar surface area (TPSA) is 83.8 Å². The Hall–Kier alpha value is -2.93. The van der Waals surface area contributed by atoms with Crippen molar-refractivity contribution in [3.8, 4) is 11.3 Å². The molecule has 0 unspecified atom stereocenters. The van der Waals surface area contributed by atoms with Crippen LogP contribution >= 0.6 is 0 Å². The monoisotopic (exact) mass is 325 g/mol. The van der Waals surface area contributed by atoms with Gasteiger partial charge in [-0.3, -0.25) is 4.98 Å². The molecule has 0 radical (unpaired) electrons. The normalized spacial score (nSPS) is 12.0. The van der Waals surface area contributed by atoms with E-state index in [4.69, 9.17) is 5.11 Å².